The van der Waals surface area contributed by atoms with Crippen LogP contribution >= 0.6 is 0 Å². The Kier molecular flexibility index (Phi) is 5.07. The minimum Gasteiger partial charge on any atom is -0.346 e. The molecule has 1 aliphatic rings. The van der Waals surface area contributed by atoms with Gasteiger partial charge < -0.3 is 5.32 Å². The van der Waals surface area contributed by atoms with Gasteiger partial charge in [-0.05, 0) is 31.5 Å². The van der Waals surface area contributed by atoms with Gasteiger partial charge in [0.05, 0.1) is 6.04 Å². The molecule has 0 saturated carbocycles. The molecule has 0 saturated heterocycles. The van der Waals surface area contributed by atoms with Crippen LogP contribution < -0.4 is 5.32 Å². The molecule has 2 aromatic rings. The summed E-state index contributed by atoms with van der Waals surface area (Å²) in [5.74, 6) is 3.59. The highest BCUT2D eigenvalue weighted by Crippen LogP contribution is 2.37. The predicted octanol–water partition coefficient (Wildman–Crippen LogP) is 2.71. The monoisotopic (exact) mass is 351 g/mol. The van der Waals surface area contributed by atoms with E-state index in [1.807, 2.05) is 26.0 Å². The first kappa shape index (κ1) is 17.7. The molecule has 8 heteroatoms. The molecule has 0 aromatic carbocycles. The standard InChI is InChI=1S/C18H21N7O/c1-4-5-8-18(24-25-18)9-6-15(26)20-13(3)16-21-17(23-22-16)14-11-12(2)7-10-19-14/h1,7,10-11,13H,5-6,8-9H2,2-3H3,(H,20,26)(H,21,22,23). The first-order chi connectivity index (χ1) is 12.5. The number of pyridine rings is 1. The SMILES string of the molecule is C#CCCC1(CCC(=O)NC(C)c2nc(-c3cc(C)ccn3)n[nH]2)N=N1. The molecule has 0 bridgehead atoms. The van der Waals surface area contributed by atoms with Crippen molar-refractivity contribution in [3.8, 4) is 23.9 Å². The maximum Gasteiger partial charge on any atom is 0.220 e. The van der Waals surface area contributed by atoms with E-state index in [1.165, 1.54) is 0 Å². The number of carbonyl (C=O) groups is 1. The highest BCUT2D eigenvalue weighted by molar-refractivity contribution is 5.76. The molecule has 8 nitrogen and oxygen atoms in total. The zero-order valence-electron chi connectivity index (χ0n) is 14.9. The lowest BCUT2D eigenvalue weighted by atomic mass is 10.0. The van der Waals surface area contributed by atoms with E-state index >= 15 is 0 Å². The molecule has 3 heterocycles. The van der Waals surface area contributed by atoms with E-state index in [4.69, 9.17) is 6.42 Å². The Morgan fingerprint density at radius 2 is 2.23 bits per heavy atom. The number of hydrogen-bond donors (Lipinski definition) is 2. The van der Waals surface area contributed by atoms with Crippen molar-refractivity contribution in [1.29, 1.82) is 0 Å². The maximum absolute atomic E-state index is 12.2. The second-order valence-corrected chi connectivity index (χ2v) is 6.44. The van der Waals surface area contributed by atoms with Crippen LogP contribution in [0, 0.1) is 19.3 Å². The van der Waals surface area contributed by atoms with Crippen LogP contribution in [0.15, 0.2) is 28.6 Å². The maximum atomic E-state index is 12.2. The van der Waals surface area contributed by atoms with E-state index in [2.05, 4.69) is 41.6 Å². The Bertz CT molecular complexity index is 858. The second-order valence-electron chi connectivity index (χ2n) is 6.44. The van der Waals surface area contributed by atoms with Gasteiger partial charge in [0.25, 0.3) is 0 Å². The summed E-state index contributed by atoms with van der Waals surface area (Å²) in [6.07, 6.45) is 9.20. The first-order valence-corrected chi connectivity index (χ1v) is 8.53. The molecule has 1 atom stereocenters. The van der Waals surface area contributed by atoms with Gasteiger partial charge in [-0.15, -0.1) is 12.3 Å². The number of nitrogens with one attached hydrogen (secondary N) is 2. The second kappa shape index (κ2) is 7.44. The third kappa shape index (κ3) is 4.30. The number of nitrogens with zero attached hydrogens (tertiary/aromatic N) is 5. The van der Waals surface area contributed by atoms with Gasteiger partial charge in [0.2, 0.25) is 5.91 Å². The molecule has 1 aliphatic heterocycles. The molecule has 26 heavy (non-hydrogen) atoms. The van der Waals surface area contributed by atoms with Crippen molar-refractivity contribution >= 4 is 5.91 Å². The molecule has 134 valence electrons. The third-order valence-corrected chi connectivity index (χ3v) is 4.24. The largest absolute Gasteiger partial charge is 0.346 e. The fourth-order valence-corrected chi connectivity index (χ4v) is 2.60. The van der Waals surface area contributed by atoms with Gasteiger partial charge in [-0.25, -0.2) is 4.98 Å². The predicted molar refractivity (Wildman–Crippen MR) is 95.8 cm³/mol. The van der Waals surface area contributed by atoms with Gasteiger partial charge in [0.1, 0.15) is 11.5 Å². The molecule has 1 amide bonds. The number of aromatic amines is 1. The zero-order chi connectivity index (χ0) is 18.6. The number of rotatable bonds is 8. The van der Waals surface area contributed by atoms with Crippen molar-refractivity contribution in [3.63, 3.8) is 0 Å². The van der Waals surface area contributed by atoms with Crippen molar-refractivity contribution in [2.45, 2.75) is 51.2 Å². The Balaban J connectivity index is 1.53. The number of hydrogen-bond acceptors (Lipinski definition) is 6. The molecule has 0 spiro atoms. The Morgan fingerprint density at radius 1 is 1.42 bits per heavy atom. The van der Waals surface area contributed by atoms with Crippen LogP contribution in [-0.2, 0) is 4.79 Å². The van der Waals surface area contributed by atoms with Crippen LogP contribution in [0.4, 0.5) is 0 Å². The van der Waals surface area contributed by atoms with Crippen molar-refractivity contribution in [3.05, 3.63) is 29.7 Å². The average Bonchev–Trinajstić information content (AvgIpc) is 3.22. The highest BCUT2D eigenvalue weighted by atomic mass is 16.1. The van der Waals surface area contributed by atoms with Gasteiger partial charge in [-0.2, -0.15) is 15.3 Å². The molecule has 2 aromatic heterocycles. The number of carbonyl (C=O) groups excluding carboxylic acids is 1. The fourth-order valence-electron chi connectivity index (χ4n) is 2.60. The normalized spacial score (nSPS) is 15.3. The van der Waals surface area contributed by atoms with Gasteiger partial charge in [0, 0.05) is 31.9 Å². The quantitative estimate of drug-likeness (QED) is 0.713. The molecule has 0 aliphatic carbocycles. The van der Waals surface area contributed by atoms with Crippen LogP contribution in [0.2, 0.25) is 0 Å². The number of aryl methyl sites for hydroxylation is 1. The summed E-state index contributed by atoms with van der Waals surface area (Å²) in [5.41, 5.74) is 1.33. The fraction of sp³-hybridized carbons (Fsp3) is 0.444. The van der Waals surface area contributed by atoms with E-state index in [0.717, 1.165) is 5.56 Å². The number of amides is 1. The molecular weight excluding hydrogens is 330 g/mol. The van der Waals surface area contributed by atoms with Crippen molar-refractivity contribution in [2.75, 3.05) is 0 Å². The smallest absolute Gasteiger partial charge is 0.220 e. The van der Waals surface area contributed by atoms with Crippen molar-refractivity contribution in [1.82, 2.24) is 25.5 Å². The number of terminal acetylenes is 1. The van der Waals surface area contributed by atoms with Crippen LogP contribution in [0.25, 0.3) is 11.5 Å². The summed E-state index contributed by atoms with van der Waals surface area (Å²) < 4.78 is 0. The number of aromatic nitrogens is 4. The Hall–Kier alpha value is -3.08. The topological polar surface area (TPSA) is 108 Å². The lowest BCUT2D eigenvalue weighted by Crippen LogP contribution is -2.28. The van der Waals surface area contributed by atoms with E-state index in [0.29, 0.717) is 43.0 Å². The van der Waals surface area contributed by atoms with Gasteiger partial charge >= 0.3 is 0 Å². The van der Waals surface area contributed by atoms with Crippen molar-refractivity contribution < 1.29 is 4.79 Å². The summed E-state index contributed by atoms with van der Waals surface area (Å²) >= 11 is 0. The third-order valence-electron chi connectivity index (χ3n) is 4.24. The molecule has 3 rings (SSSR count). The Morgan fingerprint density at radius 3 is 2.92 bits per heavy atom. The summed E-state index contributed by atoms with van der Waals surface area (Å²) in [7, 11) is 0. The van der Waals surface area contributed by atoms with Crippen molar-refractivity contribution in [2.24, 2.45) is 10.2 Å². The minimum atomic E-state index is -0.441. The Labute approximate surface area is 151 Å². The van der Waals surface area contributed by atoms with Crippen LogP contribution in [-0.4, -0.2) is 31.7 Å². The van der Waals surface area contributed by atoms with Gasteiger partial charge in [-0.3, -0.25) is 14.9 Å². The summed E-state index contributed by atoms with van der Waals surface area (Å²) in [4.78, 5) is 20.9. The zero-order valence-corrected chi connectivity index (χ0v) is 14.9. The highest BCUT2D eigenvalue weighted by Gasteiger charge is 2.39. The van der Waals surface area contributed by atoms with Crippen LogP contribution in [0.1, 0.15) is 50.0 Å². The van der Waals surface area contributed by atoms with Crippen LogP contribution in [0.3, 0.4) is 0 Å². The molecule has 0 fully saturated rings. The van der Waals surface area contributed by atoms with E-state index < -0.39 is 5.66 Å². The summed E-state index contributed by atoms with van der Waals surface area (Å²) in [6, 6.07) is 3.53. The minimum absolute atomic E-state index is 0.0819. The molecule has 1 unspecified atom stereocenters. The van der Waals surface area contributed by atoms with E-state index in [9.17, 15) is 4.79 Å². The van der Waals surface area contributed by atoms with E-state index in [1.54, 1.807) is 6.20 Å². The van der Waals surface area contributed by atoms with Gasteiger partial charge in [-0.1, -0.05) is 0 Å². The molecule has 0 radical (unpaired) electrons. The molecular formula is C18H21N7O. The average molecular weight is 351 g/mol. The summed E-state index contributed by atoms with van der Waals surface area (Å²) in [6.45, 7) is 3.84. The number of H-pyrrole nitrogens is 1. The first-order valence-electron chi connectivity index (χ1n) is 8.53. The summed E-state index contributed by atoms with van der Waals surface area (Å²) in [5, 5.41) is 18.0. The molecule has 2 N–H and O–H groups in total. The van der Waals surface area contributed by atoms with Gasteiger partial charge in [0.15, 0.2) is 11.5 Å². The lowest BCUT2D eigenvalue weighted by molar-refractivity contribution is -0.122. The lowest BCUT2D eigenvalue weighted by Gasteiger charge is -2.12. The van der Waals surface area contributed by atoms with E-state index in [-0.39, 0.29) is 11.9 Å². The van der Waals surface area contributed by atoms with Crippen LogP contribution in [0.5, 0.6) is 0 Å².